The fourth-order valence-electron chi connectivity index (χ4n) is 10.6. The van der Waals surface area contributed by atoms with Crippen LogP contribution in [0.3, 0.4) is 0 Å². The Hall–Kier alpha value is -7.42. The van der Waals surface area contributed by atoms with Crippen LogP contribution in [-0.4, -0.2) is 0 Å². The molecule has 2 atom stereocenters. The minimum Gasteiger partial charge on any atom is -0.456 e. The maximum atomic E-state index is 6.29. The molecule has 0 N–H and O–H groups in total. The number of nitrogens with zero attached hydrogens (tertiary/aromatic N) is 1. The lowest BCUT2D eigenvalue weighted by Crippen LogP contribution is -2.44. The number of fused-ring (bicyclic) bond motifs is 8. The highest BCUT2D eigenvalue weighted by atomic mass is 16.3. The molecule has 272 valence electrons. The van der Waals surface area contributed by atoms with Crippen LogP contribution in [0.4, 0.5) is 17.1 Å². The molecule has 0 saturated carbocycles. The van der Waals surface area contributed by atoms with Gasteiger partial charge in [0.1, 0.15) is 11.2 Å². The Morgan fingerprint density at radius 3 is 1.60 bits per heavy atom. The molecule has 0 bridgehead atoms. The first-order valence-electron chi connectivity index (χ1n) is 20.1. The fraction of sp³-hybridized carbons (Fsp3) is 0.0357. The Kier molecular flexibility index (Phi) is 7.09. The van der Waals surface area contributed by atoms with Gasteiger partial charge in [-0.3, -0.25) is 0 Å². The SMILES string of the molecule is c1ccc(N(c2cccc(C3(c4ccccc4)c4ccccc4C4(c5ccccc5)c5ccccc5-c5cccc3c54)c2)c2ccc3oc4ccccc4c3c2)cc1. The van der Waals surface area contributed by atoms with Crippen molar-refractivity contribution in [2.24, 2.45) is 0 Å². The lowest BCUT2D eigenvalue weighted by molar-refractivity contribution is 0.627. The molecule has 1 aromatic heterocycles. The highest BCUT2D eigenvalue weighted by Gasteiger charge is 2.57. The van der Waals surface area contributed by atoms with E-state index < -0.39 is 10.8 Å². The van der Waals surface area contributed by atoms with Crippen molar-refractivity contribution in [1.82, 2.24) is 0 Å². The first-order chi connectivity index (χ1) is 28.8. The predicted octanol–water partition coefficient (Wildman–Crippen LogP) is 14.1. The second-order valence-corrected chi connectivity index (χ2v) is 15.6. The van der Waals surface area contributed by atoms with E-state index >= 15 is 0 Å². The van der Waals surface area contributed by atoms with E-state index in [4.69, 9.17) is 4.42 Å². The molecule has 0 saturated heterocycles. The van der Waals surface area contributed by atoms with Crippen molar-refractivity contribution in [2.45, 2.75) is 10.8 Å². The Morgan fingerprint density at radius 2 is 0.828 bits per heavy atom. The van der Waals surface area contributed by atoms with E-state index in [1.807, 2.05) is 12.1 Å². The van der Waals surface area contributed by atoms with Gasteiger partial charge in [-0.2, -0.15) is 0 Å². The number of benzene rings is 9. The summed E-state index contributed by atoms with van der Waals surface area (Å²) in [7, 11) is 0. The van der Waals surface area contributed by atoms with Crippen LogP contribution in [0.1, 0.15) is 44.5 Å². The first kappa shape index (κ1) is 32.8. The van der Waals surface area contributed by atoms with Gasteiger partial charge in [-0.1, -0.05) is 176 Å². The molecule has 9 aromatic carbocycles. The van der Waals surface area contributed by atoms with Crippen LogP contribution in [0.2, 0.25) is 0 Å². The molecule has 2 unspecified atom stereocenters. The Labute approximate surface area is 337 Å². The maximum absolute atomic E-state index is 6.29. The second-order valence-electron chi connectivity index (χ2n) is 15.6. The van der Waals surface area contributed by atoms with Gasteiger partial charge in [0.2, 0.25) is 0 Å². The number of hydrogen-bond donors (Lipinski definition) is 0. The number of para-hydroxylation sites is 2. The topological polar surface area (TPSA) is 16.4 Å². The Bertz CT molecular complexity index is 3180. The molecule has 0 spiro atoms. The van der Waals surface area contributed by atoms with Gasteiger partial charge >= 0.3 is 0 Å². The lowest BCUT2D eigenvalue weighted by atomic mass is 9.51. The van der Waals surface area contributed by atoms with E-state index in [0.29, 0.717) is 0 Å². The summed E-state index contributed by atoms with van der Waals surface area (Å²) < 4.78 is 6.29. The van der Waals surface area contributed by atoms with Crippen molar-refractivity contribution in [2.75, 3.05) is 4.90 Å². The molecule has 0 fully saturated rings. The summed E-state index contributed by atoms with van der Waals surface area (Å²) in [5, 5.41) is 2.22. The summed E-state index contributed by atoms with van der Waals surface area (Å²) in [5.74, 6) is 0. The summed E-state index contributed by atoms with van der Waals surface area (Å²) in [6, 6.07) is 82.6. The van der Waals surface area contributed by atoms with Crippen molar-refractivity contribution in [3.8, 4) is 11.1 Å². The number of anilines is 3. The largest absolute Gasteiger partial charge is 0.456 e. The molecular formula is C56H37NO. The molecule has 10 aromatic rings. The van der Waals surface area contributed by atoms with Crippen LogP contribution in [-0.2, 0) is 10.8 Å². The van der Waals surface area contributed by atoms with Crippen LogP contribution in [0, 0.1) is 0 Å². The van der Waals surface area contributed by atoms with E-state index in [0.717, 1.165) is 39.0 Å². The van der Waals surface area contributed by atoms with Gasteiger partial charge in [0.25, 0.3) is 0 Å². The van der Waals surface area contributed by atoms with Gasteiger partial charge < -0.3 is 9.32 Å². The number of rotatable bonds is 6. The molecule has 12 rings (SSSR count). The molecule has 0 amide bonds. The molecule has 2 aliphatic carbocycles. The molecule has 2 heteroatoms. The van der Waals surface area contributed by atoms with Crippen LogP contribution in [0.5, 0.6) is 0 Å². The summed E-state index contributed by atoms with van der Waals surface area (Å²) in [6.07, 6.45) is 0. The first-order valence-corrected chi connectivity index (χ1v) is 20.1. The zero-order valence-electron chi connectivity index (χ0n) is 31.7. The standard InChI is InChI=1S/C56H37NO/c1-4-18-38(19-5-1)55(40-22-16-25-42(36-40)57(41-23-8-3-9-24-41)43-34-35-53-47(37-43)45-27-11-15-33-52(45)58-53)49-30-13-14-31-50(49)56(39-20-6-2-7-21-39)48-29-12-10-26-44(48)46-28-17-32-51(55)54(46)56/h1-37H. The zero-order chi connectivity index (χ0) is 38.3. The molecule has 0 aliphatic heterocycles. The summed E-state index contributed by atoms with van der Waals surface area (Å²) >= 11 is 0. The van der Waals surface area contributed by atoms with Crippen molar-refractivity contribution in [3.63, 3.8) is 0 Å². The van der Waals surface area contributed by atoms with E-state index in [9.17, 15) is 0 Å². The van der Waals surface area contributed by atoms with Crippen LogP contribution < -0.4 is 4.90 Å². The number of furan rings is 1. The fourth-order valence-corrected chi connectivity index (χ4v) is 10.6. The second kappa shape index (κ2) is 12.5. The van der Waals surface area contributed by atoms with E-state index in [2.05, 4.69) is 217 Å². The van der Waals surface area contributed by atoms with Crippen LogP contribution in [0.15, 0.2) is 229 Å². The van der Waals surface area contributed by atoms with Crippen molar-refractivity contribution in [3.05, 3.63) is 269 Å². The average Bonchev–Trinajstić information content (AvgIpc) is 3.82. The minimum atomic E-state index is -0.646. The van der Waals surface area contributed by atoms with E-state index in [1.165, 1.54) is 55.6 Å². The maximum Gasteiger partial charge on any atom is 0.135 e. The highest BCUT2D eigenvalue weighted by molar-refractivity contribution is 6.06. The third kappa shape index (κ3) is 4.37. The third-order valence-corrected chi connectivity index (χ3v) is 12.8. The van der Waals surface area contributed by atoms with Crippen molar-refractivity contribution >= 4 is 39.0 Å². The van der Waals surface area contributed by atoms with E-state index in [1.54, 1.807) is 0 Å². The summed E-state index contributed by atoms with van der Waals surface area (Å²) in [6.45, 7) is 0. The number of hydrogen-bond acceptors (Lipinski definition) is 2. The highest BCUT2D eigenvalue weighted by Crippen LogP contribution is 2.65. The van der Waals surface area contributed by atoms with Gasteiger partial charge in [0, 0.05) is 27.8 Å². The molecule has 0 radical (unpaired) electrons. The van der Waals surface area contributed by atoms with Gasteiger partial charge in [0.15, 0.2) is 0 Å². The van der Waals surface area contributed by atoms with Gasteiger partial charge in [-0.25, -0.2) is 0 Å². The van der Waals surface area contributed by atoms with Crippen molar-refractivity contribution in [1.29, 1.82) is 0 Å². The molecule has 2 nitrogen and oxygen atoms in total. The Balaban J connectivity index is 1.17. The molecule has 58 heavy (non-hydrogen) atoms. The van der Waals surface area contributed by atoms with E-state index in [-0.39, 0.29) is 0 Å². The van der Waals surface area contributed by atoms with Crippen LogP contribution >= 0.6 is 0 Å². The van der Waals surface area contributed by atoms with Gasteiger partial charge in [-0.15, -0.1) is 0 Å². The van der Waals surface area contributed by atoms with Crippen LogP contribution in [0.25, 0.3) is 33.1 Å². The minimum absolute atomic E-state index is 0.491. The summed E-state index contributed by atoms with van der Waals surface area (Å²) in [4.78, 5) is 2.39. The van der Waals surface area contributed by atoms with Crippen molar-refractivity contribution < 1.29 is 4.42 Å². The average molecular weight is 740 g/mol. The molecular weight excluding hydrogens is 703 g/mol. The zero-order valence-corrected chi connectivity index (χ0v) is 31.7. The molecule has 2 aliphatic rings. The predicted molar refractivity (Wildman–Crippen MR) is 238 cm³/mol. The quantitative estimate of drug-likeness (QED) is 0.169. The monoisotopic (exact) mass is 739 g/mol. The molecule has 1 heterocycles. The Morgan fingerprint density at radius 1 is 0.310 bits per heavy atom. The van der Waals surface area contributed by atoms with Gasteiger partial charge in [0.05, 0.1) is 10.8 Å². The normalized spacial score (nSPS) is 17.4. The third-order valence-electron chi connectivity index (χ3n) is 12.8. The smallest absolute Gasteiger partial charge is 0.135 e. The lowest BCUT2D eigenvalue weighted by Gasteiger charge is -2.49. The summed E-state index contributed by atoms with van der Waals surface area (Å²) in [5.41, 5.74) is 16.8. The van der Waals surface area contributed by atoms with Gasteiger partial charge in [-0.05, 0) is 104 Å².